The molecule has 0 radical (unpaired) electrons. The standard InChI is InChI=1S/C26H30N2O4S/c1-14-12-27-25(33-14)28-22(31)8-7-20-21(13-29)24(32)26(2)10-9-18-17-6-4-16(30)11-15(17)3-5-19(18)23(20)26/h4,6,11-13,18-21,23,30H,3,5,7-10H2,1-2H3,(H,27,28,31). The number of nitrogens with zero attached hydrogens (tertiary/aromatic N) is 1. The van der Waals surface area contributed by atoms with Gasteiger partial charge in [-0.3, -0.25) is 9.59 Å². The number of Topliss-reactive ketones (excluding diaryl/α,β-unsaturated/α-hetero) is 1. The maximum Gasteiger partial charge on any atom is 0.226 e. The molecule has 174 valence electrons. The van der Waals surface area contributed by atoms with Gasteiger partial charge < -0.3 is 15.2 Å². The van der Waals surface area contributed by atoms with Crippen LogP contribution in [0.4, 0.5) is 5.13 Å². The molecule has 1 aromatic carbocycles. The number of nitrogens with one attached hydrogen (secondary N) is 1. The van der Waals surface area contributed by atoms with Crippen LogP contribution in [0, 0.1) is 36.0 Å². The zero-order valence-corrected chi connectivity index (χ0v) is 19.9. The number of hydrogen-bond acceptors (Lipinski definition) is 6. The number of thiazole rings is 1. The number of fused-ring (bicyclic) bond motifs is 5. The first-order chi connectivity index (χ1) is 15.8. The monoisotopic (exact) mass is 466 g/mol. The van der Waals surface area contributed by atoms with Gasteiger partial charge in [-0.25, -0.2) is 4.98 Å². The van der Waals surface area contributed by atoms with Gasteiger partial charge in [0.15, 0.2) is 5.13 Å². The van der Waals surface area contributed by atoms with Gasteiger partial charge in [-0.05, 0) is 86.0 Å². The van der Waals surface area contributed by atoms with Gasteiger partial charge in [0.1, 0.15) is 17.8 Å². The molecule has 0 saturated heterocycles. The molecule has 0 spiro atoms. The van der Waals surface area contributed by atoms with Gasteiger partial charge in [0.25, 0.3) is 0 Å². The number of anilines is 1. The van der Waals surface area contributed by atoms with Gasteiger partial charge in [-0.15, -0.1) is 11.3 Å². The highest BCUT2D eigenvalue weighted by molar-refractivity contribution is 7.15. The number of amides is 1. The van der Waals surface area contributed by atoms with Gasteiger partial charge in [0, 0.05) is 22.9 Å². The molecule has 0 bridgehead atoms. The summed E-state index contributed by atoms with van der Waals surface area (Å²) in [6.45, 7) is 3.99. The number of phenols is 1. The van der Waals surface area contributed by atoms with Crippen molar-refractivity contribution < 1.29 is 19.5 Å². The number of aldehydes is 1. The van der Waals surface area contributed by atoms with Crippen LogP contribution < -0.4 is 5.32 Å². The Balaban J connectivity index is 1.40. The van der Waals surface area contributed by atoms with Gasteiger partial charge >= 0.3 is 0 Å². The van der Waals surface area contributed by atoms with Crippen molar-refractivity contribution in [2.24, 2.45) is 29.1 Å². The summed E-state index contributed by atoms with van der Waals surface area (Å²) in [5.74, 6) is 0.236. The summed E-state index contributed by atoms with van der Waals surface area (Å²) < 4.78 is 0. The molecule has 0 aliphatic heterocycles. The van der Waals surface area contributed by atoms with Crippen LogP contribution in [0.1, 0.15) is 60.9 Å². The summed E-state index contributed by atoms with van der Waals surface area (Å²) in [6.07, 6.45) is 6.86. The van der Waals surface area contributed by atoms with E-state index < -0.39 is 11.3 Å². The normalized spacial score (nSPS) is 32.5. The second kappa shape index (κ2) is 8.35. The van der Waals surface area contributed by atoms with Crippen LogP contribution in [0.25, 0.3) is 0 Å². The number of benzene rings is 1. The number of hydrogen-bond donors (Lipinski definition) is 2. The quantitative estimate of drug-likeness (QED) is 0.494. The van der Waals surface area contributed by atoms with E-state index in [-0.39, 0.29) is 29.9 Å². The molecular weight excluding hydrogens is 436 g/mol. The van der Waals surface area contributed by atoms with Gasteiger partial charge in [0.2, 0.25) is 5.91 Å². The number of carbonyl (C=O) groups is 3. The fourth-order valence-corrected chi connectivity index (χ4v) is 7.79. The lowest BCUT2D eigenvalue weighted by Crippen LogP contribution is -2.44. The first kappa shape index (κ1) is 22.3. The van der Waals surface area contributed by atoms with Crippen molar-refractivity contribution in [3.8, 4) is 5.75 Å². The fraction of sp³-hybridized carbons (Fsp3) is 0.538. The molecule has 2 N–H and O–H groups in total. The van der Waals surface area contributed by atoms with Crippen molar-refractivity contribution in [1.82, 2.24) is 4.98 Å². The van der Waals surface area contributed by atoms with Crippen LogP contribution in [0.5, 0.6) is 5.75 Å². The second-order valence-corrected chi connectivity index (χ2v) is 11.5. The number of carbonyl (C=O) groups excluding carboxylic acids is 3. The summed E-state index contributed by atoms with van der Waals surface area (Å²) in [7, 11) is 0. The highest BCUT2D eigenvalue weighted by Gasteiger charge is 2.62. The lowest BCUT2D eigenvalue weighted by molar-refractivity contribution is -0.133. The third-order valence-corrected chi connectivity index (χ3v) is 9.30. The van der Waals surface area contributed by atoms with Gasteiger partial charge in [-0.2, -0.15) is 0 Å². The topological polar surface area (TPSA) is 96.4 Å². The number of ketones is 1. The highest BCUT2D eigenvalue weighted by atomic mass is 32.1. The van der Waals surface area contributed by atoms with Crippen molar-refractivity contribution in [2.75, 3.05) is 5.32 Å². The van der Waals surface area contributed by atoms with Crippen LogP contribution >= 0.6 is 11.3 Å². The Morgan fingerprint density at radius 3 is 2.91 bits per heavy atom. The molecular formula is C26H30N2O4S. The van der Waals surface area contributed by atoms with E-state index in [1.54, 1.807) is 12.3 Å². The summed E-state index contributed by atoms with van der Waals surface area (Å²) in [5.41, 5.74) is 1.98. The smallest absolute Gasteiger partial charge is 0.226 e. The lowest BCUT2D eigenvalue weighted by atomic mass is 9.54. The molecule has 5 rings (SSSR count). The molecule has 6 nitrogen and oxygen atoms in total. The minimum Gasteiger partial charge on any atom is -0.508 e. The SMILES string of the molecule is Cc1cnc(NC(=O)CCC2C(C=O)C(=O)C3(C)CCC4c5ccc(O)cc5CCC4C23)s1. The Labute approximate surface area is 197 Å². The van der Waals surface area contributed by atoms with E-state index in [0.717, 1.165) is 36.8 Å². The molecule has 6 unspecified atom stereocenters. The van der Waals surface area contributed by atoms with Crippen molar-refractivity contribution in [3.05, 3.63) is 40.4 Å². The molecule has 7 heteroatoms. The lowest BCUT2D eigenvalue weighted by Gasteiger charge is -2.50. The summed E-state index contributed by atoms with van der Waals surface area (Å²) in [4.78, 5) is 43.4. The van der Waals surface area contributed by atoms with Crippen LogP contribution in [0.15, 0.2) is 24.4 Å². The average Bonchev–Trinajstić information content (AvgIpc) is 3.29. The van der Waals surface area contributed by atoms with Crippen LogP contribution in [-0.4, -0.2) is 28.1 Å². The molecule has 1 aromatic heterocycles. The molecule has 2 aromatic rings. The van der Waals surface area contributed by atoms with Crippen molar-refractivity contribution in [3.63, 3.8) is 0 Å². The van der Waals surface area contributed by atoms with E-state index >= 15 is 0 Å². The Morgan fingerprint density at radius 1 is 1.36 bits per heavy atom. The average molecular weight is 467 g/mol. The zero-order valence-electron chi connectivity index (χ0n) is 19.0. The van der Waals surface area contributed by atoms with E-state index in [9.17, 15) is 19.5 Å². The maximum absolute atomic E-state index is 13.4. The predicted octanol–water partition coefficient (Wildman–Crippen LogP) is 4.65. The van der Waals surface area contributed by atoms with Crippen molar-refractivity contribution in [2.45, 2.75) is 58.3 Å². The molecule has 33 heavy (non-hydrogen) atoms. The van der Waals surface area contributed by atoms with E-state index in [0.29, 0.717) is 29.1 Å². The molecule has 2 saturated carbocycles. The fourth-order valence-electron chi connectivity index (χ4n) is 7.11. The first-order valence-corrected chi connectivity index (χ1v) is 12.7. The van der Waals surface area contributed by atoms with E-state index in [1.807, 2.05) is 19.1 Å². The number of phenolic OH excluding ortho intramolecular Hbond substituents is 1. The molecule has 1 amide bonds. The van der Waals surface area contributed by atoms with E-state index in [2.05, 4.69) is 17.2 Å². The second-order valence-electron chi connectivity index (χ2n) is 10.2. The Morgan fingerprint density at radius 2 is 2.18 bits per heavy atom. The van der Waals surface area contributed by atoms with Crippen LogP contribution in [0.3, 0.4) is 0 Å². The summed E-state index contributed by atoms with van der Waals surface area (Å²) >= 11 is 1.44. The van der Waals surface area contributed by atoms with Crippen molar-refractivity contribution in [1.29, 1.82) is 0 Å². The number of aryl methyl sites for hydroxylation is 2. The molecule has 6 atom stereocenters. The minimum absolute atomic E-state index is 0.0680. The largest absolute Gasteiger partial charge is 0.508 e. The zero-order chi connectivity index (χ0) is 23.3. The number of aromatic nitrogens is 1. The summed E-state index contributed by atoms with van der Waals surface area (Å²) in [6, 6.07) is 5.66. The van der Waals surface area contributed by atoms with Crippen LogP contribution in [0.2, 0.25) is 0 Å². The number of aromatic hydroxyl groups is 1. The van der Waals surface area contributed by atoms with Gasteiger partial charge in [-0.1, -0.05) is 13.0 Å². The molecule has 1 heterocycles. The Hall–Kier alpha value is -2.54. The number of rotatable bonds is 5. The first-order valence-electron chi connectivity index (χ1n) is 11.9. The van der Waals surface area contributed by atoms with E-state index in [4.69, 9.17) is 0 Å². The summed E-state index contributed by atoms with van der Waals surface area (Å²) in [5, 5.41) is 13.4. The molecule has 3 aliphatic rings. The van der Waals surface area contributed by atoms with Crippen molar-refractivity contribution >= 4 is 34.4 Å². The Kier molecular flexibility index (Phi) is 5.63. The van der Waals surface area contributed by atoms with Crippen LogP contribution in [-0.2, 0) is 20.8 Å². The minimum atomic E-state index is -0.630. The predicted molar refractivity (Wildman–Crippen MR) is 126 cm³/mol. The van der Waals surface area contributed by atoms with E-state index in [1.165, 1.54) is 22.5 Å². The molecule has 3 aliphatic carbocycles. The Bertz CT molecular complexity index is 1110. The van der Waals surface area contributed by atoms with Gasteiger partial charge in [0.05, 0.1) is 5.92 Å². The maximum atomic E-state index is 13.4. The molecule has 2 fully saturated rings. The third kappa shape index (κ3) is 3.70. The third-order valence-electron chi connectivity index (χ3n) is 8.47. The highest BCUT2D eigenvalue weighted by Crippen LogP contribution is 2.63.